The van der Waals surface area contributed by atoms with Gasteiger partial charge in [-0.1, -0.05) is 0 Å². The van der Waals surface area contributed by atoms with Crippen LogP contribution in [0.15, 0.2) is 17.1 Å². The number of hydrogen-bond donors (Lipinski definition) is 2. The van der Waals surface area contributed by atoms with E-state index in [0.717, 1.165) is 18.1 Å². The average molecular weight is 297 g/mol. The SMILES string of the molecule is NCC1C=NC(S)N1C1CCc2c(F)cc(F)cc2C1. The van der Waals surface area contributed by atoms with Crippen LogP contribution in [0.2, 0.25) is 0 Å². The summed E-state index contributed by atoms with van der Waals surface area (Å²) in [5.41, 5.74) is 6.93. The van der Waals surface area contributed by atoms with Crippen molar-refractivity contribution in [3.63, 3.8) is 0 Å². The second-order valence-electron chi connectivity index (χ2n) is 5.32. The van der Waals surface area contributed by atoms with Gasteiger partial charge in [-0.05, 0) is 36.5 Å². The summed E-state index contributed by atoms with van der Waals surface area (Å²) in [6, 6.07) is 2.62. The van der Waals surface area contributed by atoms with Crippen molar-refractivity contribution in [2.45, 2.75) is 36.8 Å². The van der Waals surface area contributed by atoms with E-state index < -0.39 is 11.6 Å². The normalized spacial score (nSPS) is 29.7. The van der Waals surface area contributed by atoms with Crippen molar-refractivity contribution < 1.29 is 8.78 Å². The molecule has 1 aliphatic carbocycles. The molecule has 1 aliphatic heterocycles. The van der Waals surface area contributed by atoms with E-state index in [2.05, 4.69) is 22.5 Å². The van der Waals surface area contributed by atoms with E-state index in [1.807, 2.05) is 6.21 Å². The molecular weight excluding hydrogens is 280 g/mol. The molecule has 1 aromatic carbocycles. The van der Waals surface area contributed by atoms with Gasteiger partial charge < -0.3 is 5.73 Å². The van der Waals surface area contributed by atoms with E-state index in [1.165, 1.54) is 6.07 Å². The standard InChI is InChI=1S/C14H17F2N3S/c15-9-3-8-4-10(1-2-12(8)13(16)5-9)19-11(6-17)7-18-14(19)20/h3,5,7,10-11,14,20H,1-2,4,6,17H2. The molecule has 20 heavy (non-hydrogen) atoms. The second-order valence-corrected chi connectivity index (χ2v) is 5.78. The lowest BCUT2D eigenvalue weighted by Gasteiger charge is -2.37. The molecule has 0 saturated carbocycles. The monoisotopic (exact) mass is 297 g/mol. The number of halogens is 2. The lowest BCUT2D eigenvalue weighted by molar-refractivity contribution is 0.164. The Morgan fingerprint density at radius 2 is 2.20 bits per heavy atom. The van der Waals surface area contributed by atoms with Crippen LogP contribution in [0.5, 0.6) is 0 Å². The van der Waals surface area contributed by atoms with E-state index in [4.69, 9.17) is 5.73 Å². The lowest BCUT2D eigenvalue weighted by Crippen LogP contribution is -2.49. The summed E-state index contributed by atoms with van der Waals surface area (Å²) < 4.78 is 27.1. The van der Waals surface area contributed by atoms with Crippen LogP contribution in [-0.4, -0.2) is 35.2 Å². The third kappa shape index (κ3) is 2.36. The molecule has 3 atom stereocenters. The zero-order valence-electron chi connectivity index (χ0n) is 11.0. The van der Waals surface area contributed by atoms with Gasteiger partial charge in [-0.3, -0.25) is 9.89 Å². The number of benzene rings is 1. The summed E-state index contributed by atoms with van der Waals surface area (Å²) in [4.78, 5) is 6.41. The number of fused-ring (bicyclic) bond motifs is 1. The van der Waals surface area contributed by atoms with Gasteiger partial charge in [0.25, 0.3) is 0 Å². The Labute approximate surface area is 122 Å². The molecule has 108 valence electrons. The number of rotatable bonds is 2. The molecule has 0 amide bonds. The van der Waals surface area contributed by atoms with E-state index in [9.17, 15) is 8.78 Å². The third-order valence-corrected chi connectivity index (χ3v) is 4.54. The fourth-order valence-electron chi connectivity index (χ4n) is 3.18. The predicted octanol–water partition coefficient (Wildman–Crippen LogP) is 1.75. The van der Waals surface area contributed by atoms with E-state index >= 15 is 0 Å². The summed E-state index contributed by atoms with van der Waals surface area (Å²) in [5, 5.41) is 0. The van der Waals surface area contributed by atoms with Crippen LogP contribution in [-0.2, 0) is 12.8 Å². The van der Waals surface area contributed by atoms with Gasteiger partial charge in [-0.15, -0.1) is 12.6 Å². The fourth-order valence-corrected chi connectivity index (χ4v) is 3.62. The molecule has 3 nitrogen and oxygen atoms in total. The molecular formula is C14H17F2N3S. The zero-order valence-corrected chi connectivity index (χ0v) is 11.9. The van der Waals surface area contributed by atoms with Crippen LogP contribution in [0.4, 0.5) is 8.78 Å². The maximum absolute atomic E-state index is 13.7. The highest BCUT2D eigenvalue weighted by molar-refractivity contribution is 7.80. The quantitative estimate of drug-likeness (QED) is 0.817. The predicted molar refractivity (Wildman–Crippen MR) is 78.1 cm³/mol. The molecule has 3 unspecified atom stereocenters. The molecule has 1 heterocycles. The summed E-state index contributed by atoms with van der Waals surface area (Å²) in [6.45, 7) is 0.474. The first kappa shape index (κ1) is 14.0. The van der Waals surface area contributed by atoms with Crippen molar-refractivity contribution in [3.05, 3.63) is 34.9 Å². The maximum Gasteiger partial charge on any atom is 0.147 e. The largest absolute Gasteiger partial charge is 0.329 e. The highest BCUT2D eigenvalue weighted by Gasteiger charge is 2.35. The molecule has 0 fully saturated rings. The molecule has 0 radical (unpaired) electrons. The number of thiol groups is 1. The number of aliphatic imine (C=N–C) groups is 1. The first-order valence-electron chi connectivity index (χ1n) is 6.76. The Bertz CT molecular complexity index is 549. The van der Waals surface area contributed by atoms with Crippen LogP contribution in [0.3, 0.4) is 0 Å². The number of hydrogen-bond acceptors (Lipinski definition) is 4. The van der Waals surface area contributed by atoms with Crippen LogP contribution in [0.1, 0.15) is 17.5 Å². The zero-order chi connectivity index (χ0) is 14.3. The summed E-state index contributed by atoms with van der Waals surface area (Å²) in [6.07, 6.45) is 3.85. The van der Waals surface area contributed by atoms with Crippen molar-refractivity contribution in [1.82, 2.24) is 4.90 Å². The average Bonchev–Trinajstić information content (AvgIpc) is 2.78. The molecule has 0 aromatic heterocycles. The van der Waals surface area contributed by atoms with Crippen LogP contribution >= 0.6 is 12.6 Å². The molecule has 1 aromatic rings. The Hall–Kier alpha value is -0.980. The molecule has 0 saturated heterocycles. The molecule has 2 aliphatic rings. The van der Waals surface area contributed by atoms with Crippen molar-refractivity contribution in [2.75, 3.05) is 6.54 Å². The summed E-state index contributed by atoms with van der Waals surface area (Å²) in [7, 11) is 0. The molecule has 0 bridgehead atoms. The number of nitrogens with zero attached hydrogens (tertiary/aromatic N) is 2. The number of nitrogens with two attached hydrogens (primary N) is 1. The molecule has 2 N–H and O–H groups in total. The molecule has 6 heteroatoms. The van der Waals surface area contributed by atoms with Crippen LogP contribution in [0.25, 0.3) is 0 Å². The van der Waals surface area contributed by atoms with Gasteiger partial charge in [0, 0.05) is 24.9 Å². The van der Waals surface area contributed by atoms with E-state index in [0.29, 0.717) is 24.9 Å². The van der Waals surface area contributed by atoms with Crippen LogP contribution < -0.4 is 5.73 Å². The van der Waals surface area contributed by atoms with Crippen molar-refractivity contribution in [1.29, 1.82) is 0 Å². The van der Waals surface area contributed by atoms with Gasteiger partial charge in [0.2, 0.25) is 0 Å². The molecule has 3 rings (SSSR count). The Kier molecular flexibility index (Phi) is 3.79. The lowest BCUT2D eigenvalue weighted by atomic mass is 9.86. The minimum atomic E-state index is -0.516. The Morgan fingerprint density at radius 3 is 2.95 bits per heavy atom. The van der Waals surface area contributed by atoms with Crippen molar-refractivity contribution in [2.24, 2.45) is 10.7 Å². The van der Waals surface area contributed by atoms with E-state index in [-0.39, 0.29) is 17.6 Å². The second kappa shape index (κ2) is 5.42. The van der Waals surface area contributed by atoms with Crippen molar-refractivity contribution in [3.8, 4) is 0 Å². The maximum atomic E-state index is 13.7. The van der Waals surface area contributed by atoms with E-state index in [1.54, 1.807) is 0 Å². The van der Waals surface area contributed by atoms with Gasteiger partial charge in [-0.2, -0.15) is 0 Å². The van der Waals surface area contributed by atoms with Gasteiger partial charge in [-0.25, -0.2) is 8.78 Å². The van der Waals surface area contributed by atoms with Gasteiger partial charge >= 0.3 is 0 Å². The fraction of sp³-hybridized carbons (Fsp3) is 0.500. The Balaban J connectivity index is 1.85. The molecule has 0 spiro atoms. The minimum Gasteiger partial charge on any atom is -0.329 e. The van der Waals surface area contributed by atoms with Gasteiger partial charge in [0.15, 0.2) is 0 Å². The van der Waals surface area contributed by atoms with Crippen LogP contribution in [0, 0.1) is 11.6 Å². The highest BCUT2D eigenvalue weighted by Crippen LogP contribution is 2.31. The highest BCUT2D eigenvalue weighted by atomic mass is 32.1. The van der Waals surface area contributed by atoms with Gasteiger partial charge in [0.05, 0.1) is 6.04 Å². The first-order chi connectivity index (χ1) is 9.60. The summed E-state index contributed by atoms with van der Waals surface area (Å²) >= 11 is 4.45. The topological polar surface area (TPSA) is 41.6 Å². The van der Waals surface area contributed by atoms with Gasteiger partial charge in [0.1, 0.15) is 17.1 Å². The van der Waals surface area contributed by atoms with Crippen molar-refractivity contribution >= 4 is 18.8 Å². The summed E-state index contributed by atoms with van der Waals surface area (Å²) in [5.74, 6) is -0.953. The first-order valence-corrected chi connectivity index (χ1v) is 7.27. The minimum absolute atomic E-state index is 0.0578. The smallest absolute Gasteiger partial charge is 0.147 e. The Morgan fingerprint density at radius 1 is 1.40 bits per heavy atom. The third-order valence-electron chi connectivity index (χ3n) is 4.14.